The lowest BCUT2D eigenvalue weighted by molar-refractivity contribution is -0.119. The molecule has 6 heteroatoms. The highest BCUT2D eigenvalue weighted by molar-refractivity contribution is 6.31. The van der Waals surface area contributed by atoms with Crippen LogP contribution in [-0.2, 0) is 6.54 Å². The maximum Gasteiger partial charge on any atom is 0.405 e. The van der Waals surface area contributed by atoms with Crippen LogP contribution in [0.5, 0.6) is 0 Å². The van der Waals surface area contributed by atoms with Crippen LogP contribution in [0.2, 0.25) is 5.02 Å². The van der Waals surface area contributed by atoms with E-state index in [1.54, 1.807) is 18.2 Å². The Hall–Kier alpha value is -0.940. The third kappa shape index (κ3) is 6.01. The number of hydrogen-bond donors (Lipinski definition) is 1. The molecule has 0 amide bonds. The molecule has 1 N–H and O–H groups in total. The predicted octanol–water partition coefficient (Wildman–Crippen LogP) is 4.08. The van der Waals surface area contributed by atoms with Gasteiger partial charge in [0.2, 0.25) is 0 Å². The fourth-order valence-electron chi connectivity index (χ4n) is 1.77. The zero-order valence-electron chi connectivity index (χ0n) is 11.9. The van der Waals surface area contributed by atoms with Crippen molar-refractivity contribution < 1.29 is 13.2 Å². The highest BCUT2D eigenvalue weighted by Gasteiger charge is 2.29. The van der Waals surface area contributed by atoms with Gasteiger partial charge in [-0.25, -0.2) is 0 Å². The van der Waals surface area contributed by atoms with Crippen LogP contribution in [0.1, 0.15) is 19.4 Å². The number of nitrogens with zero attached hydrogens (tertiary/aromatic N) is 1. The maximum atomic E-state index is 12.3. The first-order valence-electron chi connectivity index (χ1n) is 6.46. The van der Waals surface area contributed by atoms with Crippen molar-refractivity contribution in [2.24, 2.45) is 5.92 Å². The van der Waals surface area contributed by atoms with Crippen LogP contribution in [0.4, 0.5) is 18.9 Å². The van der Waals surface area contributed by atoms with Crippen molar-refractivity contribution in [3.63, 3.8) is 0 Å². The van der Waals surface area contributed by atoms with E-state index in [4.69, 9.17) is 11.6 Å². The lowest BCUT2D eigenvalue weighted by atomic mass is 10.1. The van der Waals surface area contributed by atoms with Gasteiger partial charge in [0.1, 0.15) is 6.54 Å². The first-order chi connectivity index (χ1) is 9.19. The third-order valence-electron chi connectivity index (χ3n) is 2.76. The number of nitrogens with one attached hydrogen (secondary N) is 1. The fraction of sp³-hybridized carbons (Fsp3) is 0.571. The Bertz CT molecular complexity index is 433. The van der Waals surface area contributed by atoms with Crippen LogP contribution in [0.25, 0.3) is 0 Å². The largest absolute Gasteiger partial charge is 0.405 e. The van der Waals surface area contributed by atoms with Crippen molar-refractivity contribution in [1.29, 1.82) is 0 Å². The molecule has 2 nitrogen and oxygen atoms in total. The Labute approximate surface area is 122 Å². The van der Waals surface area contributed by atoms with E-state index in [1.807, 2.05) is 0 Å². The molecular formula is C14H20ClF3N2. The summed E-state index contributed by atoms with van der Waals surface area (Å²) in [6.45, 7) is 4.69. The summed E-state index contributed by atoms with van der Waals surface area (Å²) >= 11 is 6.11. The minimum Gasteiger partial charge on any atom is -0.366 e. The molecule has 0 saturated carbocycles. The molecule has 1 rings (SSSR count). The molecule has 0 aliphatic carbocycles. The first-order valence-corrected chi connectivity index (χ1v) is 6.84. The molecule has 0 aromatic heterocycles. The van der Waals surface area contributed by atoms with Crippen molar-refractivity contribution in [3.8, 4) is 0 Å². The van der Waals surface area contributed by atoms with Gasteiger partial charge in [0.15, 0.2) is 0 Å². The summed E-state index contributed by atoms with van der Waals surface area (Å²) in [7, 11) is 1.40. The molecule has 20 heavy (non-hydrogen) atoms. The van der Waals surface area contributed by atoms with Gasteiger partial charge < -0.3 is 10.2 Å². The molecule has 1 aromatic rings. The average molecular weight is 309 g/mol. The van der Waals surface area contributed by atoms with Crippen LogP contribution in [0.3, 0.4) is 0 Å². The Balaban J connectivity index is 2.67. The Morgan fingerprint density at radius 3 is 2.45 bits per heavy atom. The molecule has 0 aliphatic heterocycles. The van der Waals surface area contributed by atoms with E-state index in [1.165, 1.54) is 7.05 Å². The van der Waals surface area contributed by atoms with Crippen LogP contribution < -0.4 is 10.2 Å². The zero-order valence-corrected chi connectivity index (χ0v) is 12.6. The molecule has 0 fully saturated rings. The first kappa shape index (κ1) is 17.1. The Morgan fingerprint density at radius 2 is 1.95 bits per heavy atom. The molecule has 0 saturated heterocycles. The second kappa shape index (κ2) is 7.18. The minimum atomic E-state index is -4.22. The number of alkyl halides is 3. The quantitative estimate of drug-likeness (QED) is 0.851. The summed E-state index contributed by atoms with van der Waals surface area (Å²) in [6, 6.07) is 4.99. The third-order valence-corrected chi connectivity index (χ3v) is 3.11. The average Bonchev–Trinajstić information content (AvgIpc) is 2.28. The van der Waals surface area contributed by atoms with Gasteiger partial charge in [0.05, 0.1) is 0 Å². The molecule has 0 aliphatic rings. The van der Waals surface area contributed by atoms with Crippen molar-refractivity contribution in [1.82, 2.24) is 5.32 Å². The number of rotatable bonds is 6. The number of benzene rings is 1. The number of hydrogen-bond acceptors (Lipinski definition) is 2. The topological polar surface area (TPSA) is 15.3 Å². The summed E-state index contributed by atoms with van der Waals surface area (Å²) in [6.07, 6.45) is -4.22. The van der Waals surface area contributed by atoms with Crippen LogP contribution >= 0.6 is 11.6 Å². The smallest absolute Gasteiger partial charge is 0.366 e. The molecular weight excluding hydrogens is 289 g/mol. The number of halogens is 4. The maximum absolute atomic E-state index is 12.3. The van der Waals surface area contributed by atoms with Crippen molar-refractivity contribution in [2.45, 2.75) is 26.6 Å². The molecule has 0 unspecified atom stereocenters. The summed E-state index contributed by atoms with van der Waals surface area (Å²) in [5, 5.41) is 3.73. The molecule has 0 radical (unpaired) electrons. The predicted molar refractivity (Wildman–Crippen MR) is 77.3 cm³/mol. The summed E-state index contributed by atoms with van der Waals surface area (Å²) in [4.78, 5) is 1.14. The van der Waals surface area contributed by atoms with Crippen molar-refractivity contribution >= 4 is 17.3 Å². The van der Waals surface area contributed by atoms with Crippen LogP contribution in [0, 0.1) is 5.92 Å². The normalized spacial score (nSPS) is 12.0. The van der Waals surface area contributed by atoms with Gasteiger partial charge in [-0.3, -0.25) is 0 Å². The van der Waals surface area contributed by atoms with Gasteiger partial charge in [-0.05, 0) is 30.2 Å². The SMILES string of the molecule is CC(C)CNCc1ccc(N(C)CC(F)(F)F)cc1Cl. The molecule has 0 heterocycles. The van der Waals surface area contributed by atoms with Crippen LogP contribution in [-0.4, -0.2) is 26.3 Å². The monoisotopic (exact) mass is 308 g/mol. The molecule has 114 valence electrons. The summed E-state index contributed by atoms with van der Waals surface area (Å²) < 4.78 is 37.0. The van der Waals surface area contributed by atoms with Crippen molar-refractivity contribution in [2.75, 3.05) is 25.0 Å². The standard InChI is InChI=1S/C14H20ClF3N2/c1-10(2)7-19-8-11-4-5-12(6-13(11)15)20(3)9-14(16,17)18/h4-6,10,19H,7-9H2,1-3H3. The van der Waals surface area contributed by atoms with Gasteiger partial charge in [-0.2, -0.15) is 13.2 Å². The molecule has 0 spiro atoms. The van der Waals surface area contributed by atoms with Gasteiger partial charge >= 0.3 is 6.18 Å². The summed E-state index contributed by atoms with van der Waals surface area (Å²) in [5.41, 5.74) is 1.34. The van der Waals surface area contributed by atoms with E-state index in [2.05, 4.69) is 19.2 Å². The second-order valence-electron chi connectivity index (χ2n) is 5.27. The van der Waals surface area contributed by atoms with E-state index in [-0.39, 0.29) is 0 Å². The van der Waals surface area contributed by atoms with Gasteiger partial charge in [-0.1, -0.05) is 31.5 Å². The second-order valence-corrected chi connectivity index (χ2v) is 5.68. The van der Waals surface area contributed by atoms with Gasteiger partial charge in [0.25, 0.3) is 0 Å². The van der Waals surface area contributed by atoms with E-state index in [0.717, 1.165) is 17.0 Å². The van der Waals surface area contributed by atoms with Crippen molar-refractivity contribution in [3.05, 3.63) is 28.8 Å². The lowest BCUT2D eigenvalue weighted by Crippen LogP contribution is -2.30. The Morgan fingerprint density at radius 1 is 1.30 bits per heavy atom. The lowest BCUT2D eigenvalue weighted by Gasteiger charge is -2.21. The van der Waals surface area contributed by atoms with E-state index < -0.39 is 12.7 Å². The molecule has 0 atom stereocenters. The highest BCUT2D eigenvalue weighted by Crippen LogP contribution is 2.25. The zero-order chi connectivity index (χ0) is 15.3. The van der Waals surface area contributed by atoms with E-state index in [9.17, 15) is 13.2 Å². The number of anilines is 1. The minimum absolute atomic E-state index is 0.458. The van der Waals surface area contributed by atoms with Gasteiger partial charge in [-0.15, -0.1) is 0 Å². The van der Waals surface area contributed by atoms with E-state index >= 15 is 0 Å². The fourth-order valence-corrected chi connectivity index (χ4v) is 2.01. The molecule has 0 bridgehead atoms. The van der Waals surface area contributed by atoms with E-state index in [0.29, 0.717) is 23.2 Å². The van der Waals surface area contributed by atoms with Gasteiger partial charge in [0, 0.05) is 24.3 Å². The van der Waals surface area contributed by atoms with Crippen LogP contribution in [0.15, 0.2) is 18.2 Å². The molecule has 1 aromatic carbocycles. The Kier molecular flexibility index (Phi) is 6.14. The highest BCUT2D eigenvalue weighted by atomic mass is 35.5. The summed E-state index contributed by atoms with van der Waals surface area (Å²) in [5.74, 6) is 0.533.